The van der Waals surface area contributed by atoms with Crippen LogP contribution >= 0.6 is 11.6 Å². The first-order valence-corrected chi connectivity index (χ1v) is 7.26. The highest BCUT2D eigenvalue weighted by atomic mass is 35.5. The van der Waals surface area contributed by atoms with Crippen LogP contribution in [0.3, 0.4) is 0 Å². The van der Waals surface area contributed by atoms with Gasteiger partial charge in [0, 0.05) is 35.9 Å². The van der Waals surface area contributed by atoms with E-state index in [0.29, 0.717) is 12.1 Å². The second-order valence-corrected chi connectivity index (χ2v) is 5.69. The molecule has 1 heterocycles. The Morgan fingerprint density at radius 2 is 2.22 bits per heavy atom. The molecule has 1 N–H and O–H groups in total. The molecule has 100 valence electrons. The van der Waals surface area contributed by atoms with Crippen LogP contribution in [-0.4, -0.2) is 25.2 Å². The predicted octanol–water partition coefficient (Wildman–Crippen LogP) is 3.62. The lowest BCUT2D eigenvalue weighted by Crippen LogP contribution is -2.55. The lowest BCUT2D eigenvalue weighted by molar-refractivity contribution is 0.386. The van der Waals surface area contributed by atoms with Gasteiger partial charge in [-0.05, 0) is 38.0 Å². The summed E-state index contributed by atoms with van der Waals surface area (Å²) in [4.78, 5) is 2.50. The lowest BCUT2D eigenvalue weighted by Gasteiger charge is -2.41. The van der Waals surface area contributed by atoms with E-state index in [4.69, 9.17) is 11.6 Å². The van der Waals surface area contributed by atoms with Crippen molar-refractivity contribution in [1.29, 1.82) is 0 Å². The molecule has 1 fully saturated rings. The molecule has 0 bridgehead atoms. The third kappa shape index (κ3) is 2.81. The largest absolute Gasteiger partial charge is 0.366 e. The molecule has 0 aromatic heterocycles. The van der Waals surface area contributed by atoms with Crippen LogP contribution in [0.5, 0.6) is 0 Å². The van der Waals surface area contributed by atoms with Gasteiger partial charge in [-0.1, -0.05) is 31.0 Å². The minimum absolute atomic E-state index is 0.523. The molecule has 0 aliphatic carbocycles. The van der Waals surface area contributed by atoms with Crippen molar-refractivity contribution in [3.8, 4) is 0 Å². The maximum atomic E-state index is 6.24. The van der Waals surface area contributed by atoms with E-state index >= 15 is 0 Å². The van der Waals surface area contributed by atoms with E-state index in [0.717, 1.165) is 18.1 Å². The summed E-state index contributed by atoms with van der Waals surface area (Å²) in [6.45, 7) is 8.76. The van der Waals surface area contributed by atoms with Crippen molar-refractivity contribution < 1.29 is 0 Å². The van der Waals surface area contributed by atoms with Gasteiger partial charge in [-0.25, -0.2) is 0 Å². The number of anilines is 1. The van der Waals surface area contributed by atoms with Crippen molar-refractivity contribution in [2.24, 2.45) is 0 Å². The highest BCUT2D eigenvalue weighted by Crippen LogP contribution is 2.29. The second-order valence-electron chi connectivity index (χ2n) is 5.28. The first-order chi connectivity index (χ1) is 8.63. The standard InChI is InChI=1S/C15H23ClN2/c1-4-6-13-10-18(11(2)9-17-13)15-8-5-7-14(16)12(15)3/h5,7-8,11,13,17H,4,6,9-10H2,1-3H3. The van der Waals surface area contributed by atoms with Gasteiger partial charge in [-0.15, -0.1) is 0 Å². The normalized spacial score (nSPS) is 24.3. The number of piperazine rings is 1. The van der Waals surface area contributed by atoms with Gasteiger partial charge in [0.05, 0.1) is 0 Å². The van der Waals surface area contributed by atoms with Crippen molar-refractivity contribution in [3.05, 3.63) is 28.8 Å². The van der Waals surface area contributed by atoms with Crippen molar-refractivity contribution in [2.45, 2.75) is 45.7 Å². The number of benzene rings is 1. The average Bonchev–Trinajstić information content (AvgIpc) is 2.36. The maximum absolute atomic E-state index is 6.24. The molecule has 1 saturated heterocycles. The van der Waals surface area contributed by atoms with Crippen molar-refractivity contribution in [2.75, 3.05) is 18.0 Å². The fraction of sp³-hybridized carbons (Fsp3) is 0.600. The van der Waals surface area contributed by atoms with E-state index in [-0.39, 0.29) is 0 Å². The van der Waals surface area contributed by atoms with E-state index in [1.54, 1.807) is 0 Å². The van der Waals surface area contributed by atoms with Gasteiger partial charge in [-0.3, -0.25) is 0 Å². The van der Waals surface area contributed by atoms with Crippen LogP contribution in [0.25, 0.3) is 0 Å². The highest BCUT2D eigenvalue weighted by molar-refractivity contribution is 6.31. The molecule has 2 rings (SSSR count). The molecule has 0 radical (unpaired) electrons. The minimum Gasteiger partial charge on any atom is -0.366 e. The summed E-state index contributed by atoms with van der Waals surface area (Å²) in [7, 11) is 0. The van der Waals surface area contributed by atoms with E-state index in [1.807, 2.05) is 12.1 Å². The molecule has 1 aromatic carbocycles. The molecule has 1 aliphatic rings. The SMILES string of the molecule is CCCC1CN(c2cccc(Cl)c2C)C(C)CN1. The Kier molecular flexibility index (Phi) is 4.52. The Bertz CT molecular complexity index is 405. The molecule has 2 nitrogen and oxygen atoms in total. The zero-order valence-electron chi connectivity index (χ0n) is 11.5. The molecular weight excluding hydrogens is 244 g/mol. The molecule has 1 aliphatic heterocycles. The molecule has 18 heavy (non-hydrogen) atoms. The van der Waals surface area contributed by atoms with Crippen molar-refractivity contribution in [1.82, 2.24) is 5.32 Å². The highest BCUT2D eigenvalue weighted by Gasteiger charge is 2.25. The van der Waals surface area contributed by atoms with E-state index in [1.165, 1.54) is 24.1 Å². The van der Waals surface area contributed by atoms with Gasteiger partial charge < -0.3 is 10.2 Å². The third-order valence-corrected chi connectivity index (χ3v) is 4.25. The minimum atomic E-state index is 0.523. The fourth-order valence-electron chi connectivity index (χ4n) is 2.71. The van der Waals surface area contributed by atoms with Crippen LogP contribution in [0.15, 0.2) is 18.2 Å². The summed E-state index contributed by atoms with van der Waals surface area (Å²) in [5.74, 6) is 0. The first kappa shape index (κ1) is 13.7. The number of rotatable bonds is 3. The number of hydrogen-bond donors (Lipinski definition) is 1. The molecule has 2 unspecified atom stereocenters. The van der Waals surface area contributed by atoms with Gasteiger partial charge in [0.1, 0.15) is 0 Å². The fourth-order valence-corrected chi connectivity index (χ4v) is 2.88. The predicted molar refractivity (Wildman–Crippen MR) is 79.7 cm³/mol. The summed E-state index contributed by atoms with van der Waals surface area (Å²) in [6.07, 6.45) is 2.47. The van der Waals surface area contributed by atoms with Crippen LogP contribution in [-0.2, 0) is 0 Å². The van der Waals surface area contributed by atoms with E-state index in [2.05, 4.69) is 37.1 Å². The molecule has 3 heteroatoms. The van der Waals surface area contributed by atoms with E-state index < -0.39 is 0 Å². The summed E-state index contributed by atoms with van der Waals surface area (Å²) in [5, 5.41) is 4.49. The quantitative estimate of drug-likeness (QED) is 0.899. The summed E-state index contributed by atoms with van der Waals surface area (Å²) < 4.78 is 0. The summed E-state index contributed by atoms with van der Waals surface area (Å²) >= 11 is 6.24. The number of nitrogens with one attached hydrogen (secondary N) is 1. The number of nitrogens with zero attached hydrogens (tertiary/aromatic N) is 1. The van der Waals surface area contributed by atoms with Gasteiger partial charge in [0.2, 0.25) is 0 Å². The second kappa shape index (κ2) is 5.94. The van der Waals surface area contributed by atoms with Gasteiger partial charge in [0.15, 0.2) is 0 Å². The van der Waals surface area contributed by atoms with Gasteiger partial charge in [0.25, 0.3) is 0 Å². The van der Waals surface area contributed by atoms with Gasteiger partial charge in [-0.2, -0.15) is 0 Å². The zero-order valence-corrected chi connectivity index (χ0v) is 12.3. The van der Waals surface area contributed by atoms with E-state index in [9.17, 15) is 0 Å². The Balaban J connectivity index is 2.21. The molecular formula is C15H23ClN2. The Morgan fingerprint density at radius 1 is 1.44 bits per heavy atom. The third-order valence-electron chi connectivity index (χ3n) is 3.84. The van der Waals surface area contributed by atoms with Crippen LogP contribution in [0, 0.1) is 6.92 Å². The van der Waals surface area contributed by atoms with Crippen LogP contribution in [0.2, 0.25) is 5.02 Å². The molecule has 0 saturated carbocycles. The topological polar surface area (TPSA) is 15.3 Å². The van der Waals surface area contributed by atoms with Crippen LogP contribution < -0.4 is 10.2 Å². The van der Waals surface area contributed by atoms with Crippen molar-refractivity contribution >= 4 is 17.3 Å². The first-order valence-electron chi connectivity index (χ1n) is 6.88. The molecule has 0 amide bonds. The smallest absolute Gasteiger partial charge is 0.0455 e. The molecule has 1 aromatic rings. The monoisotopic (exact) mass is 266 g/mol. The Labute approximate surface area is 115 Å². The maximum Gasteiger partial charge on any atom is 0.0455 e. The number of halogens is 1. The summed E-state index contributed by atoms with van der Waals surface area (Å²) in [5.41, 5.74) is 2.49. The zero-order chi connectivity index (χ0) is 13.1. The Morgan fingerprint density at radius 3 is 2.94 bits per heavy atom. The summed E-state index contributed by atoms with van der Waals surface area (Å²) in [6, 6.07) is 7.33. The Hall–Kier alpha value is -0.730. The van der Waals surface area contributed by atoms with Crippen molar-refractivity contribution in [3.63, 3.8) is 0 Å². The van der Waals surface area contributed by atoms with Crippen LogP contribution in [0.4, 0.5) is 5.69 Å². The average molecular weight is 267 g/mol. The number of hydrogen-bond acceptors (Lipinski definition) is 2. The lowest BCUT2D eigenvalue weighted by atomic mass is 10.0. The van der Waals surface area contributed by atoms with Crippen LogP contribution in [0.1, 0.15) is 32.3 Å². The molecule has 0 spiro atoms. The molecule has 2 atom stereocenters. The van der Waals surface area contributed by atoms with Gasteiger partial charge >= 0.3 is 0 Å².